The van der Waals surface area contributed by atoms with E-state index in [0.29, 0.717) is 22.9 Å². The predicted molar refractivity (Wildman–Crippen MR) is 119 cm³/mol. The molecule has 0 aliphatic heterocycles. The second-order valence-electron chi connectivity index (χ2n) is 9.11. The molecule has 2 aromatic rings. The average molecular weight is 400 g/mol. The molecule has 2 aromatic carbocycles. The molecule has 1 N–H and O–H groups in total. The Balaban J connectivity index is 2.60. The van der Waals surface area contributed by atoms with Crippen molar-refractivity contribution in [3.63, 3.8) is 0 Å². The maximum atomic E-state index is 10.9. The summed E-state index contributed by atoms with van der Waals surface area (Å²) in [7, 11) is 4.72. The molecule has 2 rings (SSSR count). The van der Waals surface area contributed by atoms with E-state index in [1.165, 1.54) is 0 Å². The zero-order chi connectivity index (χ0) is 22.0. The highest BCUT2D eigenvalue weighted by atomic mass is 16.5. The highest BCUT2D eigenvalue weighted by molar-refractivity contribution is 5.85. The molecule has 0 radical (unpaired) electrons. The van der Waals surface area contributed by atoms with Crippen LogP contribution in [0.15, 0.2) is 29.3 Å². The average Bonchev–Trinajstić information content (AvgIpc) is 2.64. The minimum absolute atomic E-state index is 0.0650. The van der Waals surface area contributed by atoms with Crippen molar-refractivity contribution in [1.29, 1.82) is 0 Å². The molecule has 0 aliphatic carbocycles. The number of benzene rings is 2. The number of aromatic hydroxyl groups is 1. The van der Waals surface area contributed by atoms with Crippen molar-refractivity contribution in [1.82, 2.24) is 0 Å². The van der Waals surface area contributed by atoms with E-state index in [2.05, 4.69) is 52.6 Å². The molecule has 0 aromatic heterocycles. The quantitative estimate of drug-likeness (QED) is 0.649. The SMILES string of the molecule is COc1cc(C=Nc2cc(C(C)(C)C)cc(C(C)(C)C)c2O)cc(OC)c1OC. The van der Waals surface area contributed by atoms with E-state index >= 15 is 0 Å². The fourth-order valence-electron chi connectivity index (χ4n) is 3.04. The van der Waals surface area contributed by atoms with Crippen LogP contribution in [0.2, 0.25) is 0 Å². The Kier molecular flexibility index (Phi) is 6.51. The number of methoxy groups -OCH3 is 3. The summed E-state index contributed by atoms with van der Waals surface area (Å²) in [4.78, 5) is 4.60. The third kappa shape index (κ3) is 5.03. The molecular formula is C24H33NO4. The minimum atomic E-state index is -0.206. The highest BCUT2D eigenvalue weighted by Crippen LogP contribution is 2.42. The summed E-state index contributed by atoms with van der Waals surface area (Å²) >= 11 is 0. The number of phenolic OH excluding ortho intramolecular Hbond substituents is 1. The van der Waals surface area contributed by atoms with E-state index in [4.69, 9.17) is 14.2 Å². The Hall–Kier alpha value is -2.69. The first kappa shape index (κ1) is 22.6. The lowest BCUT2D eigenvalue weighted by atomic mass is 9.80. The van der Waals surface area contributed by atoms with Gasteiger partial charge in [-0.05, 0) is 34.6 Å². The zero-order valence-electron chi connectivity index (χ0n) is 19.0. The molecule has 0 atom stereocenters. The van der Waals surface area contributed by atoms with Crippen LogP contribution in [0.25, 0.3) is 0 Å². The number of ether oxygens (including phenoxy) is 3. The first-order chi connectivity index (χ1) is 13.4. The van der Waals surface area contributed by atoms with E-state index in [0.717, 1.165) is 16.7 Å². The molecule has 0 spiro atoms. The summed E-state index contributed by atoms with van der Waals surface area (Å²) in [5.74, 6) is 1.83. The fourth-order valence-corrected chi connectivity index (χ4v) is 3.04. The third-order valence-electron chi connectivity index (χ3n) is 4.80. The Morgan fingerprint density at radius 1 is 0.793 bits per heavy atom. The Labute approximate surface area is 174 Å². The van der Waals surface area contributed by atoms with E-state index < -0.39 is 0 Å². The number of hydrogen-bond acceptors (Lipinski definition) is 5. The summed E-state index contributed by atoms with van der Waals surface area (Å²) in [5, 5.41) is 10.9. The van der Waals surface area contributed by atoms with Crippen molar-refractivity contribution in [3.05, 3.63) is 41.0 Å². The summed E-state index contributed by atoms with van der Waals surface area (Å²) in [6.07, 6.45) is 1.69. The molecule has 0 unspecified atom stereocenters. The van der Waals surface area contributed by atoms with Crippen molar-refractivity contribution >= 4 is 11.9 Å². The molecule has 0 saturated heterocycles. The second kappa shape index (κ2) is 8.36. The fraction of sp³-hybridized carbons (Fsp3) is 0.458. The second-order valence-corrected chi connectivity index (χ2v) is 9.11. The molecular weight excluding hydrogens is 366 g/mol. The van der Waals surface area contributed by atoms with Crippen LogP contribution in [-0.4, -0.2) is 32.7 Å². The predicted octanol–water partition coefficient (Wildman–Crippen LogP) is 5.76. The zero-order valence-corrected chi connectivity index (χ0v) is 19.0. The van der Waals surface area contributed by atoms with Gasteiger partial charge in [-0.3, -0.25) is 4.99 Å². The van der Waals surface area contributed by atoms with Crippen LogP contribution in [-0.2, 0) is 10.8 Å². The molecule has 5 heteroatoms. The van der Waals surface area contributed by atoms with Gasteiger partial charge in [0.25, 0.3) is 0 Å². The van der Waals surface area contributed by atoms with E-state index in [1.54, 1.807) is 27.5 Å². The Morgan fingerprint density at radius 2 is 1.34 bits per heavy atom. The van der Waals surface area contributed by atoms with Gasteiger partial charge in [0, 0.05) is 17.3 Å². The van der Waals surface area contributed by atoms with Crippen molar-refractivity contribution in [2.45, 2.75) is 52.4 Å². The Bertz CT molecular complexity index is 877. The van der Waals surface area contributed by atoms with Gasteiger partial charge in [0.05, 0.1) is 21.3 Å². The van der Waals surface area contributed by atoms with Crippen molar-refractivity contribution in [2.24, 2.45) is 4.99 Å². The first-order valence-electron chi connectivity index (χ1n) is 9.64. The smallest absolute Gasteiger partial charge is 0.203 e. The van der Waals surface area contributed by atoms with Gasteiger partial charge >= 0.3 is 0 Å². The van der Waals surface area contributed by atoms with E-state index in [1.807, 2.05) is 18.2 Å². The topological polar surface area (TPSA) is 60.3 Å². The largest absolute Gasteiger partial charge is 0.505 e. The maximum absolute atomic E-state index is 10.9. The van der Waals surface area contributed by atoms with Gasteiger partial charge in [-0.15, -0.1) is 0 Å². The van der Waals surface area contributed by atoms with E-state index in [-0.39, 0.29) is 16.6 Å². The molecule has 0 amide bonds. The van der Waals surface area contributed by atoms with Gasteiger partial charge in [-0.1, -0.05) is 47.6 Å². The van der Waals surface area contributed by atoms with Gasteiger partial charge in [-0.2, -0.15) is 0 Å². The monoisotopic (exact) mass is 399 g/mol. The summed E-state index contributed by atoms with van der Waals surface area (Å²) in [6.45, 7) is 12.7. The number of hydrogen-bond donors (Lipinski definition) is 1. The molecule has 0 bridgehead atoms. The van der Waals surface area contributed by atoms with Crippen LogP contribution >= 0.6 is 0 Å². The first-order valence-corrected chi connectivity index (χ1v) is 9.64. The van der Waals surface area contributed by atoms with Crippen LogP contribution in [0.4, 0.5) is 5.69 Å². The van der Waals surface area contributed by atoms with Crippen LogP contribution in [0.1, 0.15) is 58.2 Å². The molecule has 158 valence electrons. The van der Waals surface area contributed by atoms with Gasteiger partial charge < -0.3 is 19.3 Å². The van der Waals surface area contributed by atoms with Gasteiger partial charge in [0.15, 0.2) is 11.5 Å². The van der Waals surface area contributed by atoms with Gasteiger partial charge in [0.2, 0.25) is 5.75 Å². The molecule has 0 fully saturated rings. The van der Waals surface area contributed by atoms with Gasteiger partial charge in [0.1, 0.15) is 11.4 Å². The molecule has 29 heavy (non-hydrogen) atoms. The highest BCUT2D eigenvalue weighted by Gasteiger charge is 2.24. The van der Waals surface area contributed by atoms with Crippen LogP contribution in [0.5, 0.6) is 23.0 Å². The van der Waals surface area contributed by atoms with E-state index in [9.17, 15) is 5.11 Å². The summed E-state index contributed by atoms with van der Waals surface area (Å²) in [5.41, 5.74) is 3.04. The maximum Gasteiger partial charge on any atom is 0.203 e. The van der Waals surface area contributed by atoms with Crippen molar-refractivity contribution in [2.75, 3.05) is 21.3 Å². The number of aliphatic imine (C=N–C) groups is 1. The molecule has 0 heterocycles. The van der Waals surface area contributed by atoms with Gasteiger partial charge in [-0.25, -0.2) is 0 Å². The normalized spacial score (nSPS) is 12.3. The number of nitrogens with zero attached hydrogens (tertiary/aromatic N) is 1. The third-order valence-corrected chi connectivity index (χ3v) is 4.80. The van der Waals surface area contributed by atoms with Crippen LogP contribution < -0.4 is 14.2 Å². The molecule has 5 nitrogen and oxygen atoms in total. The Morgan fingerprint density at radius 3 is 1.76 bits per heavy atom. The lowest BCUT2D eigenvalue weighted by molar-refractivity contribution is 0.324. The summed E-state index contributed by atoms with van der Waals surface area (Å²) in [6, 6.07) is 7.66. The van der Waals surface area contributed by atoms with Crippen molar-refractivity contribution < 1.29 is 19.3 Å². The lowest BCUT2D eigenvalue weighted by Crippen LogP contribution is -2.16. The van der Waals surface area contributed by atoms with Crippen molar-refractivity contribution in [3.8, 4) is 23.0 Å². The number of rotatable bonds is 5. The van der Waals surface area contributed by atoms with Crippen LogP contribution in [0.3, 0.4) is 0 Å². The standard InChI is InChI=1S/C24H33NO4/c1-23(2,3)16-12-17(24(4,5)6)21(26)18(13-16)25-14-15-10-19(27-7)22(29-9)20(11-15)28-8/h10-14,26H,1-9H3. The molecule has 0 aliphatic rings. The number of phenols is 1. The molecule has 0 saturated carbocycles. The minimum Gasteiger partial charge on any atom is -0.505 e. The lowest BCUT2D eigenvalue weighted by Gasteiger charge is -2.26. The van der Waals surface area contributed by atoms with Crippen LogP contribution in [0, 0.1) is 0 Å². The summed E-state index contributed by atoms with van der Waals surface area (Å²) < 4.78 is 16.2.